The van der Waals surface area contributed by atoms with Gasteiger partial charge in [0.1, 0.15) is 5.78 Å². The molecule has 4 rings (SSSR count). The van der Waals surface area contributed by atoms with Gasteiger partial charge in [-0.15, -0.1) is 4.33 Å². The maximum absolute atomic E-state index is 12.4. The van der Waals surface area contributed by atoms with Crippen molar-refractivity contribution in [2.45, 2.75) is 70.8 Å². The smallest absolute Gasteiger partial charge is 0.691 e. The average Bonchev–Trinajstić information content (AvgIpc) is 2.90. The van der Waals surface area contributed by atoms with E-state index in [2.05, 4.69) is 16.3 Å². The number of fused-ring (bicyclic) bond motifs is 4. The van der Waals surface area contributed by atoms with E-state index in [1.807, 2.05) is 0 Å². The van der Waals surface area contributed by atoms with Crippen molar-refractivity contribution in [2.75, 3.05) is 0 Å². The molecule has 0 aliphatic heterocycles. The summed E-state index contributed by atoms with van der Waals surface area (Å²) in [5.74, 6) is 2.51. The van der Waals surface area contributed by atoms with Gasteiger partial charge in [0.2, 0.25) is 0 Å². The first-order valence-electron chi connectivity index (χ1n) is 9.16. The third-order valence-electron chi connectivity index (χ3n) is 7.27. The van der Waals surface area contributed by atoms with E-state index in [-0.39, 0.29) is 41.1 Å². The van der Waals surface area contributed by atoms with Crippen molar-refractivity contribution in [2.24, 2.45) is 23.2 Å². The molecule has 5 nitrogen and oxygen atoms in total. The second-order valence-electron chi connectivity index (χ2n) is 8.13. The van der Waals surface area contributed by atoms with Gasteiger partial charge in [-0.1, -0.05) is 18.1 Å². The Labute approximate surface area is 175 Å². The quantitative estimate of drug-likeness (QED) is 0.177. The molecule has 0 heterocycles. The van der Waals surface area contributed by atoms with E-state index in [0.29, 0.717) is 35.9 Å². The van der Waals surface area contributed by atoms with Gasteiger partial charge in [-0.3, -0.25) is 14.0 Å². The molecule has 0 aromatic rings. The summed E-state index contributed by atoms with van der Waals surface area (Å²) in [6, 6.07) is 0. The number of hydrogen-bond acceptors (Lipinski definition) is 6. The fraction of sp³-hybridized carbons (Fsp3) is 0.833. The zero-order chi connectivity index (χ0) is 16.7. The molecule has 0 saturated heterocycles. The maximum Gasteiger partial charge on any atom is 1.00 e. The molecule has 5 atom stereocenters. The number of ketones is 1. The summed E-state index contributed by atoms with van der Waals surface area (Å²) < 4.78 is 9.72. The van der Waals surface area contributed by atoms with Crippen molar-refractivity contribution in [1.29, 1.82) is 0 Å². The van der Waals surface area contributed by atoms with Crippen molar-refractivity contribution >= 4 is 18.1 Å². The van der Waals surface area contributed by atoms with Crippen LogP contribution in [0, 0.1) is 23.2 Å². The fourth-order valence-electron chi connectivity index (χ4n) is 6.11. The van der Waals surface area contributed by atoms with E-state index in [9.17, 15) is 10.1 Å². The van der Waals surface area contributed by atoms with Gasteiger partial charge in [0.15, 0.2) is 12.3 Å². The third-order valence-corrected chi connectivity index (χ3v) is 7.73. The van der Waals surface area contributed by atoms with Crippen LogP contribution in [0.25, 0.3) is 0 Å². The minimum Gasteiger partial charge on any atom is -0.691 e. The maximum atomic E-state index is 12.4. The van der Waals surface area contributed by atoms with Gasteiger partial charge in [-0.2, -0.15) is 0 Å². The zero-order valence-electron chi connectivity index (χ0n) is 15.1. The first kappa shape index (κ1) is 20.3. The molecule has 4 aliphatic carbocycles. The van der Waals surface area contributed by atoms with Crippen LogP contribution in [0.1, 0.15) is 64.7 Å². The van der Waals surface area contributed by atoms with Crippen molar-refractivity contribution in [3.05, 3.63) is 11.1 Å². The van der Waals surface area contributed by atoms with Gasteiger partial charge in [0.25, 0.3) is 0 Å². The SMILES string of the molecule is CC12CCC3C4=C(CCC3C1CCC2=O)C[C@@H](OSOO[O-])CC4.[Na+]. The molecule has 0 spiro atoms. The predicted octanol–water partition coefficient (Wildman–Crippen LogP) is 0.448. The van der Waals surface area contributed by atoms with Crippen LogP contribution in [0.15, 0.2) is 11.1 Å². The summed E-state index contributed by atoms with van der Waals surface area (Å²) in [5.41, 5.74) is 3.19. The van der Waals surface area contributed by atoms with Crippen LogP contribution < -0.4 is 34.8 Å². The minimum atomic E-state index is -0.0359. The Morgan fingerprint density at radius 2 is 2.00 bits per heavy atom. The molecule has 2 fully saturated rings. The van der Waals surface area contributed by atoms with Crippen molar-refractivity contribution in [3.63, 3.8) is 0 Å². The van der Waals surface area contributed by atoms with Crippen LogP contribution in [-0.2, 0) is 18.3 Å². The number of carbonyl (C=O) groups is 1. The Hall–Kier alpha value is 0.600. The Balaban J connectivity index is 0.00000182. The van der Waals surface area contributed by atoms with Crippen LogP contribution in [0.4, 0.5) is 0 Å². The fourth-order valence-corrected chi connectivity index (χ4v) is 6.44. The van der Waals surface area contributed by atoms with E-state index in [1.54, 1.807) is 11.1 Å². The minimum absolute atomic E-state index is 0. The van der Waals surface area contributed by atoms with E-state index >= 15 is 0 Å². The topological polar surface area (TPSA) is 67.8 Å². The molecule has 0 bridgehead atoms. The summed E-state index contributed by atoms with van der Waals surface area (Å²) in [5, 5.41) is 13.2. The second kappa shape index (κ2) is 8.31. The third kappa shape index (κ3) is 3.66. The number of rotatable bonds is 4. The first-order chi connectivity index (χ1) is 11.6. The molecule has 4 aliphatic rings. The van der Waals surface area contributed by atoms with Crippen LogP contribution in [-0.4, -0.2) is 11.9 Å². The Morgan fingerprint density at radius 1 is 1.16 bits per heavy atom. The molecule has 25 heavy (non-hydrogen) atoms. The summed E-state index contributed by atoms with van der Waals surface area (Å²) in [6.45, 7) is 2.23. The van der Waals surface area contributed by atoms with Gasteiger partial charge in [0, 0.05) is 11.8 Å². The molecular weight excluding hydrogens is 351 g/mol. The molecule has 0 amide bonds. The van der Waals surface area contributed by atoms with Crippen LogP contribution in [0.2, 0.25) is 0 Å². The number of Topliss-reactive ketones (excluding diaryl/α,β-unsaturated/α-hetero) is 1. The summed E-state index contributed by atoms with van der Waals surface area (Å²) in [6.07, 6.45) is 9.60. The summed E-state index contributed by atoms with van der Waals surface area (Å²) in [7, 11) is 0. The van der Waals surface area contributed by atoms with E-state index in [1.165, 1.54) is 12.8 Å². The first-order valence-corrected chi connectivity index (χ1v) is 9.83. The molecule has 2 saturated carbocycles. The van der Waals surface area contributed by atoms with Crippen LogP contribution >= 0.6 is 12.3 Å². The van der Waals surface area contributed by atoms with E-state index in [4.69, 9.17) is 4.18 Å². The van der Waals surface area contributed by atoms with Gasteiger partial charge in [-0.05, 0) is 69.1 Å². The zero-order valence-corrected chi connectivity index (χ0v) is 17.9. The summed E-state index contributed by atoms with van der Waals surface area (Å²) in [4.78, 5) is 12.4. The predicted molar refractivity (Wildman–Crippen MR) is 86.8 cm³/mol. The molecule has 4 unspecified atom stereocenters. The van der Waals surface area contributed by atoms with Crippen molar-refractivity contribution in [3.8, 4) is 0 Å². The second-order valence-corrected chi connectivity index (χ2v) is 8.59. The Kier molecular flexibility index (Phi) is 6.76. The largest absolute Gasteiger partial charge is 1.00 e. The van der Waals surface area contributed by atoms with Gasteiger partial charge in [0.05, 0.1) is 6.10 Å². The Bertz CT molecular complexity index is 554. The molecule has 0 aromatic carbocycles. The molecule has 0 N–H and O–H groups in total. The van der Waals surface area contributed by atoms with Crippen molar-refractivity contribution in [1.82, 2.24) is 0 Å². The molecular formula is C18H25NaO5S. The van der Waals surface area contributed by atoms with Crippen LogP contribution in [0.3, 0.4) is 0 Å². The van der Waals surface area contributed by atoms with E-state index in [0.717, 1.165) is 44.9 Å². The Morgan fingerprint density at radius 3 is 2.80 bits per heavy atom. The number of allylic oxidation sites excluding steroid dienone is 1. The molecule has 0 radical (unpaired) electrons. The standard InChI is InChI=1S/C18H26O5S.Na/c1-18-9-8-14-13-5-3-12(21-24-23-22-20)10-11(13)2-4-15(14)16(18)6-7-17(18)19;/h12,14-16,20H,2-10H2,1H3;/q;+1/p-1/t12-,14?,15?,16?,18?;/m0./s1. The van der Waals surface area contributed by atoms with Gasteiger partial charge >= 0.3 is 29.6 Å². The monoisotopic (exact) mass is 376 g/mol. The number of carbonyl (C=O) groups excluding carboxylic acids is 1. The average molecular weight is 376 g/mol. The van der Waals surface area contributed by atoms with Crippen LogP contribution in [0.5, 0.6) is 0 Å². The normalized spacial score (nSPS) is 40.2. The molecule has 134 valence electrons. The molecule has 0 aromatic heterocycles. The van der Waals surface area contributed by atoms with Crippen molar-refractivity contribution < 1.29 is 53.2 Å². The summed E-state index contributed by atoms with van der Waals surface area (Å²) >= 11 is 0.639. The van der Waals surface area contributed by atoms with Gasteiger partial charge < -0.3 is 5.26 Å². The number of hydrogen-bond donors (Lipinski definition) is 0. The molecule has 7 heteroatoms. The van der Waals surface area contributed by atoms with E-state index < -0.39 is 0 Å². The van der Waals surface area contributed by atoms with Gasteiger partial charge in [-0.25, -0.2) is 0 Å².